The predicted octanol–water partition coefficient (Wildman–Crippen LogP) is 3.87. The van der Waals surface area contributed by atoms with Crippen molar-refractivity contribution in [2.24, 2.45) is 5.92 Å². The van der Waals surface area contributed by atoms with E-state index in [9.17, 15) is 0 Å². The molecule has 0 spiro atoms. The van der Waals surface area contributed by atoms with Gasteiger partial charge in [0.25, 0.3) is 0 Å². The fourth-order valence-electron chi connectivity index (χ4n) is 1.36. The molecule has 0 N–H and O–H groups in total. The van der Waals surface area contributed by atoms with E-state index in [0.29, 0.717) is 5.92 Å². The smallest absolute Gasteiger partial charge is 0.0437 e. The van der Waals surface area contributed by atoms with E-state index in [1.165, 1.54) is 11.3 Å². The number of pyridine rings is 1. The Labute approximate surface area is 88.6 Å². The second kappa shape index (κ2) is 7.54. The summed E-state index contributed by atoms with van der Waals surface area (Å²) in [5, 5.41) is 0. The molecule has 0 aliphatic carbocycles. The molecule has 0 aliphatic rings. The summed E-state index contributed by atoms with van der Waals surface area (Å²) < 4.78 is 0. The monoisotopic (exact) mass is 193 g/mol. The van der Waals surface area contributed by atoms with Gasteiger partial charge in [0.05, 0.1) is 0 Å². The zero-order valence-corrected chi connectivity index (χ0v) is 10.2. The molecule has 1 aromatic rings. The summed E-state index contributed by atoms with van der Waals surface area (Å²) in [5.41, 5.74) is 2.67. The summed E-state index contributed by atoms with van der Waals surface area (Å²) >= 11 is 0. The Balaban J connectivity index is 0.000000791. The number of hydrogen-bond acceptors (Lipinski definition) is 1. The quantitative estimate of drug-likeness (QED) is 0.710. The number of aromatic nitrogens is 1. The Hall–Kier alpha value is -0.850. The minimum atomic E-state index is 0.699. The van der Waals surface area contributed by atoms with Gasteiger partial charge in [-0.05, 0) is 30.4 Å². The van der Waals surface area contributed by atoms with Crippen LogP contribution < -0.4 is 0 Å². The lowest BCUT2D eigenvalue weighted by Gasteiger charge is -2.07. The Bertz CT molecular complexity index is 241. The van der Waals surface area contributed by atoms with Crippen molar-refractivity contribution in [1.29, 1.82) is 0 Å². The fraction of sp³-hybridized carbons (Fsp3) is 0.615. The van der Waals surface area contributed by atoms with Crippen molar-refractivity contribution in [2.75, 3.05) is 0 Å². The average Bonchev–Trinajstić information content (AvgIpc) is 2.21. The lowest BCUT2D eigenvalue weighted by molar-refractivity contribution is 0.630. The molecule has 0 radical (unpaired) electrons. The van der Waals surface area contributed by atoms with Crippen molar-refractivity contribution >= 4 is 0 Å². The standard InChI is InChI=1S/C11H17N.C2H6/c1-4-10-6-5-7-12-11(10)8-9(2)3;1-2/h5-7,9H,4,8H2,1-3H3;1-2H3. The zero-order valence-electron chi connectivity index (χ0n) is 10.2. The van der Waals surface area contributed by atoms with Crippen LogP contribution in [0.5, 0.6) is 0 Å². The maximum absolute atomic E-state index is 4.39. The molecule has 80 valence electrons. The Morgan fingerprint density at radius 1 is 1.29 bits per heavy atom. The maximum Gasteiger partial charge on any atom is 0.0437 e. The molecule has 1 rings (SSSR count). The summed E-state index contributed by atoms with van der Waals surface area (Å²) in [5.74, 6) is 0.699. The molecular weight excluding hydrogens is 170 g/mol. The zero-order chi connectivity index (χ0) is 11.0. The van der Waals surface area contributed by atoms with Gasteiger partial charge in [0.2, 0.25) is 0 Å². The van der Waals surface area contributed by atoms with Crippen molar-refractivity contribution in [3.8, 4) is 0 Å². The van der Waals surface area contributed by atoms with Crippen LogP contribution in [0, 0.1) is 5.92 Å². The Morgan fingerprint density at radius 3 is 2.43 bits per heavy atom. The molecule has 0 aromatic carbocycles. The molecule has 0 unspecified atom stereocenters. The minimum absolute atomic E-state index is 0.699. The molecule has 0 saturated heterocycles. The van der Waals surface area contributed by atoms with Gasteiger partial charge in [0.15, 0.2) is 0 Å². The second-order valence-corrected chi connectivity index (χ2v) is 3.56. The molecule has 0 atom stereocenters. The number of rotatable bonds is 3. The summed E-state index contributed by atoms with van der Waals surface area (Å²) in [6, 6.07) is 4.19. The molecule has 0 aliphatic heterocycles. The largest absolute Gasteiger partial charge is 0.261 e. The van der Waals surface area contributed by atoms with Crippen LogP contribution in [-0.2, 0) is 12.8 Å². The van der Waals surface area contributed by atoms with Crippen LogP contribution in [0.3, 0.4) is 0 Å². The molecule has 1 nitrogen and oxygen atoms in total. The third-order valence-corrected chi connectivity index (χ3v) is 1.97. The van der Waals surface area contributed by atoms with E-state index in [0.717, 1.165) is 12.8 Å². The molecule has 1 heterocycles. The first-order valence-electron chi connectivity index (χ1n) is 5.66. The minimum Gasteiger partial charge on any atom is -0.261 e. The predicted molar refractivity (Wildman–Crippen MR) is 63.5 cm³/mol. The van der Waals surface area contributed by atoms with E-state index in [4.69, 9.17) is 0 Å². The lowest BCUT2D eigenvalue weighted by atomic mass is 10.0. The van der Waals surface area contributed by atoms with E-state index >= 15 is 0 Å². The van der Waals surface area contributed by atoms with Crippen LogP contribution in [0.25, 0.3) is 0 Å². The van der Waals surface area contributed by atoms with Crippen LogP contribution in [0.1, 0.15) is 45.9 Å². The van der Waals surface area contributed by atoms with E-state index < -0.39 is 0 Å². The number of hydrogen-bond donors (Lipinski definition) is 0. The summed E-state index contributed by atoms with van der Waals surface area (Å²) in [6.07, 6.45) is 4.08. The second-order valence-electron chi connectivity index (χ2n) is 3.56. The Kier molecular flexibility index (Phi) is 7.09. The van der Waals surface area contributed by atoms with Crippen LogP contribution in [-0.4, -0.2) is 4.98 Å². The van der Waals surface area contributed by atoms with Gasteiger partial charge in [-0.2, -0.15) is 0 Å². The van der Waals surface area contributed by atoms with Gasteiger partial charge < -0.3 is 0 Å². The third-order valence-electron chi connectivity index (χ3n) is 1.97. The number of aryl methyl sites for hydroxylation is 1. The average molecular weight is 193 g/mol. The van der Waals surface area contributed by atoms with E-state index in [2.05, 4.69) is 31.8 Å². The van der Waals surface area contributed by atoms with Gasteiger partial charge in [-0.1, -0.05) is 40.7 Å². The number of nitrogens with zero attached hydrogens (tertiary/aromatic N) is 1. The highest BCUT2D eigenvalue weighted by Crippen LogP contribution is 2.10. The molecular formula is C13H23N. The van der Waals surface area contributed by atoms with Gasteiger partial charge in [-0.3, -0.25) is 4.98 Å². The van der Waals surface area contributed by atoms with Crippen molar-refractivity contribution in [3.05, 3.63) is 29.6 Å². The van der Waals surface area contributed by atoms with Gasteiger partial charge in [-0.25, -0.2) is 0 Å². The first-order chi connectivity index (χ1) is 6.74. The van der Waals surface area contributed by atoms with E-state index in [1.54, 1.807) is 0 Å². The summed E-state index contributed by atoms with van der Waals surface area (Å²) in [4.78, 5) is 4.39. The summed E-state index contributed by atoms with van der Waals surface area (Å²) in [7, 11) is 0. The molecule has 0 bridgehead atoms. The van der Waals surface area contributed by atoms with Crippen molar-refractivity contribution < 1.29 is 0 Å². The molecule has 1 heteroatoms. The molecule has 0 saturated carbocycles. The van der Waals surface area contributed by atoms with Crippen LogP contribution in [0.4, 0.5) is 0 Å². The highest BCUT2D eigenvalue weighted by atomic mass is 14.7. The highest BCUT2D eigenvalue weighted by molar-refractivity contribution is 5.19. The first kappa shape index (κ1) is 13.2. The molecule has 1 aromatic heterocycles. The van der Waals surface area contributed by atoms with Crippen molar-refractivity contribution in [3.63, 3.8) is 0 Å². The molecule has 0 fully saturated rings. The van der Waals surface area contributed by atoms with Crippen molar-refractivity contribution in [2.45, 2.75) is 47.5 Å². The molecule has 0 amide bonds. The van der Waals surface area contributed by atoms with Gasteiger partial charge in [0, 0.05) is 11.9 Å². The van der Waals surface area contributed by atoms with Gasteiger partial charge >= 0.3 is 0 Å². The SMILES string of the molecule is CC.CCc1cccnc1CC(C)C. The van der Waals surface area contributed by atoms with Crippen molar-refractivity contribution in [1.82, 2.24) is 4.98 Å². The van der Waals surface area contributed by atoms with E-state index in [1.807, 2.05) is 26.1 Å². The van der Waals surface area contributed by atoms with E-state index in [-0.39, 0.29) is 0 Å². The van der Waals surface area contributed by atoms with Crippen LogP contribution in [0.15, 0.2) is 18.3 Å². The molecule has 14 heavy (non-hydrogen) atoms. The Morgan fingerprint density at radius 2 is 1.93 bits per heavy atom. The van der Waals surface area contributed by atoms with Gasteiger partial charge in [-0.15, -0.1) is 0 Å². The summed E-state index contributed by atoms with van der Waals surface area (Å²) in [6.45, 7) is 10.6. The lowest BCUT2D eigenvalue weighted by Crippen LogP contribution is -2.01. The topological polar surface area (TPSA) is 12.9 Å². The van der Waals surface area contributed by atoms with Gasteiger partial charge in [0.1, 0.15) is 0 Å². The van der Waals surface area contributed by atoms with Crippen LogP contribution in [0.2, 0.25) is 0 Å². The highest BCUT2D eigenvalue weighted by Gasteiger charge is 2.02. The maximum atomic E-state index is 4.39. The fourth-order valence-corrected chi connectivity index (χ4v) is 1.36. The third kappa shape index (κ3) is 4.40. The van der Waals surface area contributed by atoms with Crippen LogP contribution >= 0.6 is 0 Å². The first-order valence-corrected chi connectivity index (χ1v) is 5.66. The normalized spacial score (nSPS) is 9.57.